The van der Waals surface area contributed by atoms with Crippen LogP contribution in [-0.2, 0) is 6.42 Å². The van der Waals surface area contributed by atoms with Crippen molar-refractivity contribution in [3.05, 3.63) is 59.9 Å². The lowest BCUT2D eigenvalue weighted by molar-refractivity contribution is 0.441. The maximum Gasteiger partial charge on any atom is 0.248 e. The minimum atomic E-state index is -0.281. The molecule has 0 radical (unpaired) electrons. The summed E-state index contributed by atoms with van der Waals surface area (Å²) in [6, 6.07) is 14.3. The lowest BCUT2D eigenvalue weighted by Crippen LogP contribution is -1.98. The molecule has 0 atom stereocenters. The van der Waals surface area contributed by atoms with Crippen LogP contribution in [0.3, 0.4) is 0 Å². The zero-order valence-corrected chi connectivity index (χ0v) is 15.4. The predicted molar refractivity (Wildman–Crippen MR) is 102 cm³/mol. The number of hydrogen-bond acceptors (Lipinski definition) is 3. The molecule has 4 heteroatoms. The van der Waals surface area contributed by atoms with Crippen LogP contribution in [0.15, 0.2) is 52.9 Å². The Labute approximate surface area is 154 Å². The van der Waals surface area contributed by atoms with Crippen LogP contribution >= 0.6 is 0 Å². The van der Waals surface area contributed by atoms with Gasteiger partial charge >= 0.3 is 0 Å². The molecular formula is C22H25FN2O. The van der Waals surface area contributed by atoms with Gasteiger partial charge in [0.25, 0.3) is 0 Å². The van der Waals surface area contributed by atoms with Crippen LogP contribution in [0.25, 0.3) is 22.9 Å². The summed E-state index contributed by atoms with van der Waals surface area (Å²) < 4.78 is 18.9. The van der Waals surface area contributed by atoms with Crippen LogP contribution in [0.5, 0.6) is 0 Å². The zero-order valence-electron chi connectivity index (χ0n) is 15.4. The van der Waals surface area contributed by atoms with Gasteiger partial charge < -0.3 is 4.42 Å². The molecule has 136 valence electrons. The van der Waals surface area contributed by atoms with E-state index in [2.05, 4.69) is 30.1 Å². The Morgan fingerprint density at radius 3 is 2.35 bits per heavy atom. The van der Waals surface area contributed by atoms with Gasteiger partial charge in [-0.3, -0.25) is 0 Å². The number of rotatable bonds is 8. The van der Waals surface area contributed by atoms with E-state index in [-0.39, 0.29) is 5.82 Å². The lowest BCUT2D eigenvalue weighted by atomic mass is 9.94. The summed E-state index contributed by atoms with van der Waals surface area (Å²) in [5.74, 6) is 1.45. The summed E-state index contributed by atoms with van der Waals surface area (Å²) in [6.45, 7) is 4.52. The van der Waals surface area contributed by atoms with Crippen molar-refractivity contribution in [2.24, 2.45) is 5.92 Å². The second kappa shape index (κ2) is 8.75. The van der Waals surface area contributed by atoms with Gasteiger partial charge in [0, 0.05) is 11.1 Å². The van der Waals surface area contributed by atoms with Crippen molar-refractivity contribution in [2.75, 3.05) is 0 Å². The van der Waals surface area contributed by atoms with E-state index in [1.807, 2.05) is 18.2 Å². The molecule has 1 heterocycles. The summed E-state index contributed by atoms with van der Waals surface area (Å²) in [4.78, 5) is 0. The first-order valence-electron chi connectivity index (χ1n) is 9.39. The van der Waals surface area contributed by atoms with Gasteiger partial charge in [-0.1, -0.05) is 51.3 Å². The van der Waals surface area contributed by atoms with E-state index in [1.165, 1.54) is 37.0 Å². The van der Waals surface area contributed by atoms with Crippen LogP contribution in [0.2, 0.25) is 0 Å². The van der Waals surface area contributed by atoms with Crippen molar-refractivity contribution in [1.29, 1.82) is 0 Å². The van der Waals surface area contributed by atoms with Gasteiger partial charge in [0.2, 0.25) is 11.8 Å². The third-order valence-corrected chi connectivity index (χ3v) is 4.98. The highest BCUT2D eigenvalue weighted by atomic mass is 19.1. The van der Waals surface area contributed by atoms with Crippen LogP contribution in [0, 0.1) is 11.7 Å². The number of benzene rings is 2. The fourth-order valence-electron chi connectivity index (χ4n) is 3.27. The number of aromatic nitrogens is 2. The molecule has 0 bridgehead atoms. The molecule has 1 aromatic heterocycles. The smallest absolute Gasteiger partial charge is 0.248 e. The molecule has 0 N–H and O–H groups in total. The third-order valence-electron chi connectivity index (χ3n) is 4.98. The van der Waals surface area contributed by atoms with Gasteiger partial charge in [0.15, 0.2) is 0 Å². The first-order valence-corrected chi connectivity index (χ1v) is 9.39. The lowest BCUT2D eigenvalue weighted by Gasteiger charge is -2.12. The van der Waals surface area contributed by atoms with E-state index in [1.54, 1.807) is 12.1 Å². The first-order chi connectivity index (χ1) is 12.7. The van der Waals surface area contributed by atoms with Crippen LogP contribution < -0.4 is 0 Å². The molecule has 0 aliphatic carbocycles. The first kappa shape index (κ1) is 18.3. The fraction of sp³-hybridized carbons (Fsp3) is 0.364. The molecule has 3 nitrogen and oxygen atoms in total. The van der Waals surface area contributed by atoms with Gasteiger partial charge in [-0.15, -0.1) is 10.2 Å². The van der Waals surface area contributed by atoms with Crippen molar-refractivity contribution in [3.8, 4) is 22.9 Å². The highest BCUT2D eigenvalue weighted by molar-refractivity contribution is 5.61. The summed E-state index contributed by atoms with van der Waals surface area (Å²) >= 11 is 0. The van der Waals surface area contributed by atoms with Gasteiger partial charge in [0.1, 0.15) is 5.82 Å². The molecule has 0 saturated heterocycles. The standard InChI is InChI=1S/C22H25FN2O/c1-3-16(4-2)8-7-10-17-9-5-6-11-20(17)22-25-24-21(26-22)18-12-14-19(23)15-13-18/h5-6,9,11-16H,3-4,7-8,10H2,1-2H3. The normalized spacial score (nSPS) is 11.2. The van der Waals surface area contributed by atoms with E-state index in [4.69, 9.17) is 4.42 Å². The molecule has 26 heavy (non-hydrogen) atoms. The number of halogens is 1. The second-order valence-electron chi connectivity index (χ2n) is 6.65. The van der Waals surface area contributed by atoms with Gasteiger partial charge in [-0.2, -0.15) is 0 Å². The molecule has 0 aliphatic rings. The average molecular weight is 352 g/mol. The largest absolute Gasteiger partial charge is 0.416 e. The summed E-state index contributed by atoms with van der Waals surface area (Å²) in [5, 5.41) is 8.34. The molecule has 0 aliphatic heterocycles. The second-order valence-corrected chi connectivity index (χ2v) is 6.65. The Morgan fingerprint density at radius 2 is 1.62 bits per heavy atom. The fourth-order valence-corrected chi connectivity index (χ4v) is 3.27. The Hall–Kier alpha value is -2.49. The van der Waals surface area contributed by atoms with Crippen LogP contribution in [0.4, 0.5) is 4.39 Å². The summed E-state index contributed by atoms with van der Waals surface area (Å²) in [6.07, 6.45) is 5.88. The Kier molecular flexibility index (Phi) is 6.16. The number of aryl methyl sites for hydroxylation is 1. The van der Waals surface area contributed by atoms with Crippen molar-refractivity contribution in [2.45, 2.75) is 46.0 Å². The van der Waals surface area contributed by atoms with Crippen molar-refractivity contribution in [3.63, 3.8) is 0 Å². The van der Waals surface area contributed by atoms with E-state index in [0.29, 0.717) is 11.8 Å². The van der Waals surface area contributed by atoms with Gasteiger partial charge in [-0.25, -0.2) is 4.39 Å². The average Bonchev–Trinajstić information content (AvgIpc) is 3.16. The quantitative estimate of drug-likeness (QED) is 0.477. The van der Waals surface area contributed by atoms with E-state index >= 15 is 0 Å². The molecule has 0 fully saturated rings. The summed E-state index contributed by atoms with van der Waals surface area (Å²) in [7, 11) is 0. The van der Waals surface area contributed by atoms with Gasteiger partial charge in [0.05, 0.1) is 0 Å². The minimum Gasteiger partial charge on any atom is -0.416 e. The maximum atomic E-state index is 13.1. The predicted octanol–water partition coefficient (Wildman–Crippen LogP) is 6.30. The van der Waals surface area contributed by atoms with Gasteiger partial charge in [-0.05, 0) is 54.7 Å². The molecule has 0 saturated carbocycles. The van der Waals surface area contributed by atoms with E-state index in [9.17, 15) is 4.39 Å². The van der Waals surface area contributed by atoms with Crippen LogP contribution in [-0.4, -0.2) is 10.2 Å². The molecule has 2 aromatic carbocycles. The number of nitrogens with zero attached hydrogens (tertiary/aromatic N) is 2. The highest BCUT2D eigenvalue weighted by Crippen LogP contribution is 2.28. The summed E-state index contributed by atoms with van der Waals surface area (Å²) in [5.41, 5.74) is 2.93. The molecule has 0 unspecified atom stereocenters. The molecule has 3 aromatic rings. The van der Waals surface area contributed by atoms with E-state index in [0.717, 1.165) is 29.9 Å². The van der Waals surface area contributed by atoms with Crippen molar-refractivity contribution >= 4 is 0 Å². The highest BCUT2D eigenvalue weighted by Gasteiger charge is 2.14. The molecule has 3 rings (SSSR count). The number of hydrogen-bond donors (Lipinski definition) is 0. The Bertz CT molecular complexity index is 822. The van der Waals surface area contributed by atoms with Crippen LogP contribution in [0.1, 0.15) is 45.1 Å². The molecular weight excluding hydrogens is 327 g/mol. The topological polar surface area (TPSA) is 38.9 Å². The van der Waals surface area contributed by atoms with Crippen molar-refractivity contribution in [1.82, 2.24) is 10.2 Å². The SMILES string of the molecule is CCC(CC)CCCc1ccccc1-c1nnc(-c2ccc(F)cc2)o1. The third kappa shape index (κ3) is 4.37. The van der Waals surface area contributed by atoms with Crippen molar-refractivity contribution < 1.29 is 8.81 Å². The maximum absolute atomic E-state index is 13.1. The Morgan fingerprint density at radius 1 is 0.923 bits per heavy atom. The molecule has 0 amide bonds. The molecule has 0 spiro atoms. The minimum absolute atomic E-state index is 0.281. The zero-order chi connectivity index (χ0) is 18.4. The Balaban J connectivity index is 1.76. The van der Waals surface area contributed by atoms with E-state index < -0.39 is 0 Å². The monoisotopic (exact) mass is 352 g/mol.